The van der Waals surface area contributed by atoms with E-state index in [-0.39, 0.29) is 12.1 Å². The second-order valence-corrected chi connectivity index (χ2v) is 6.62. The molecule has 2 bridgehead atoms. The Hall–Kier alpha value is -2.00. The van der Waals surface area contributed by atoms with Crippen molar-refractivity contribution in [1.82, 2.24) is 4.90 Å². The predicted molar refractivity (Wildman–Crippen MR) is 89.5 cm³/mol. The van der Waals surface area contributed by atoms with Gasteiger partial charge < -0.3 is 9.64 Å². The molecule has 2 aromatic rings. The molecule has 1 aliphatic heterocycles. The minimum absolute atomic E-state index is 0.0562. The summed E-state index contributed by atoms with van der Waals surface area (Å²) in [7, 11) is 0. The normalized spacial score (nSPS) is 21.9. The summed E-state index contributed by atoms with van der Waals surface area (Å²) in [6.07, 6.45) is 1.69. The number of carbonyl (C=O) groups excluding carboxylic acids is 1. The first-order valence-corrected chi connectivity index (χ1v) is 8.37. The molecule has 4 heteroatoms. The van der Waals surface area contributed by atoms with Gasteiger partial charge in [-0.3, -0.25) is 0 Å². The highest BCUT2D eigenvalue weighted by molar-refractivity contribution is 6.31. The Morgan fingerprint density at radius 3 is 2.83 bits per heavy atom. The van der Waals surface area contributed by atoms with E-state index in [4.69, 9.17) is 16.3 Å². The van der Waals surface area contributed by atoms with E-state index >= 15 is 0 Å². The van der Waals surface area contributed by atoms with Gasteiger partial charge in [0.25, 0.3) is 0 Å². The molecule has 1 heterocycles. The summed E-state index contributed by atoms with van der Waals surface area (Å²) in [5.41, 5.74) is 3.43. The summed E-state index contributed by atoms with van der Waals surface area (Å²) < 4.78 is 5.52. The first-order chi connectivity index (χ1) is 11.2. The summed E-state index contributed by atoms with van der Waals surface area (Å²) >= 11 is 6.40. The summed E-state index contributed by atoms with van der Waals surface area (Å²) in [5, 5.41) is 0.762. The first kappa shape index (κ1) is 14.6. The van der Waals surface area contributed by atoms with E-state index in [2.05, 4.69) is 6.07 Å². The molecule has 1 fully saturated rings. The fourth-order valence-electron chi connectivity index (χ4n) is 3.80. The minimum atomic E-state index is -0.245. The molecule has 0 radical (unpaired) electrons. The molecular formula is C19H18ClNO2. The number of rotatable bonds is 2. The number of hydrogen-bond donors (Lipinski definition) is 0. The van der Waals surface area contributed by atoms with Crippen molar-refractivity contribution < 1.29 is 9.53 Å². The second-order valence-electron chi connectivity index (χ2n) is 6.21. The number of carbonyl (C=O) groups is 1. The maximum atomic E-state index is 12.5. The predicted octanol–water partition coefficient (Wildman–Crippen LogP) is 4.91. The standard InChI is InChI=1S/C19H18ClNO2/c20-16-8-4-7-15-14-9-10-21(17(11-14)18(15)16)19(22)23-12-13-5-2-1-3-6-13/h1-8,14,17H,9-12H2/t14?,17-/m1/s1. The molecule has 0 saturated carbocycles. The average molecular weight is 328 g/mol. The SMILES string of the molecule is O=C(OCc1ccccc1)N1CCC2C[C@@H]1c1c(Cl)cccc12. The van der Waals surface area contributed by atoms with Gasteiger partial charge in [-0.15, -0.1) is 0 Å². The molecular weight excluding hydrogens is 310 g/mol. The average Bonchev–Trinajstić information content (AvgIpc) is 2.88. The summed E-state index contributed by atoms with van der Waals surface area (Å²) in [5.74, 6) is 0.520. The van der Waals surface area contributed by atoms with Crippen molar-refractivity contribution in [2.75, 3.05) is 6.54 Å². The molecule has 2 aliphatic rings. The Labute approximate surface area is 140 Å². The van der Waals surface area contributed by atoms with Crippen LogP contribution in [0.15, 0.2) is 48.5 Å². The molecule has 1 saturated heterocycles. The molecule has 4 rings (SSSR count). The summed E-state index contributed by atoms with van der Waals surface area (Å²) in [4.78, 5) is 14.4. The Morgan fingerprint density at radius 1 is 1.17 bits per heavy atom. The molecule has 118 valence electrons. The Balaban J connectivity index is 1.52. The fraction of sp³-hybridized carbons (Fsp3) is 0.316. The lowest BCUT2D eigenvalue weighted by molar-refractivity contribution is 0.0695. The lowest BCUT2D eigenvalue weighted by atomic mass is 9.96. The highest BCUT2D eigenvalue weighted by Crippen LogP contribution is 2.51. The molecule has 0 spiro atoms. The van der Waals surface area contributed by atoms with Crippen molar-refractivity contribution in [3.05, 3.63) is 70.2 Å². The molecule has 0 N–H and O–H groups in total. The molecule has 23 heavy (non-hydrogen) atoms. The molecule has 1 unspecified atom stereocenters. The lowest BCUT2D eigenvalue weighted by Gasteiger charge is -2.33. The van der Waals surface area contributed by atoms with Crippen LogP contribution in [0.25, 0.3) is 0 Å². The van der Waals surface area contributed by atoms with Crippen molar-refractivity contribution in [3.63, 3.8) is 0 Å². The number of nitrogens with zero attached hydrogens (tertiary/aromatic N) is 1. The lowest BCUT2D eigenvalue weighted by Crippen LogP contribution is -2.37. The molecule has 2 atom stereocenters. The maximum Gasteiger partial charge on any atom is 0.410 e. The van der Waals surface area contributed by atoms with Crippen molar-refractivity contribution in [2.45, 2.75) is 31.4 Å². The molecule has 1 amide bonds. The van der Waals surface area contributed by atoms with Gasteiger partial charge in [0.05, 0.1) is 6.04 Å². The zero-order chi connectivity index (χ0) is 15.8. The van der Waals surface area contributed by atoms with Gasteiger partial charge in [-0.25, -0.2) is 4.79 Å². The number of fused-ring (bicyclic) bond motifs is 5. The number of ether oxygens (including phenoxy) is 1. The third-order valence-electron chi connectivity index (χ3n) is 4.90. The Bertz CT molecular complexity index is 731. The largest absolute Gasteiger partial charge is 0.445 e. The monoisotopic (exact) mass is 327 g/mol. The van der Waals surface area contributed by atoms with Gasteiger partial charge in [0, 0.05) is 11.6 Å². The van der Waals surface area contributed by atoms with Gasteiger partial charge in [0.15, 0.2) is 0 Å². The van der Waals surface area contributed by atoms with Crippen LogP contribution in [0.2, 0.25) is 5.02 Å². The Morgan fingerprint density at radius 2 is 2.00 bits per heavy atom. The summed E-state index contributed by atoms with van der Waals surface area (Å²) in [6.45, 7) is 1.04. The minimum Gasteiger partial charge on any atom is -0.445 e. The third kappa shape index (κ3) is 2.59. The van der Waals surface area contributed by atoms with Crippen LogP contribution in [0.3, 0.4) is 0 Å². The van der Waals surface area contributed by atoms with E-state index in [0.717, 1.165) is 35.5 Å². The molecule has 2 aromatic carbocycles. The fourth-order valence-corrected chi connectivity index (χ4v) is 4.11. The zero-order valence-electron chi connectivity index (χ0n) is 12.7. The van der Waals surface area contributed by atoms with Crippen LogP contribution in [0.4, 0.5) is 4.79 Å². The molecule has 1 aliphatic carbocycles. The molecule has 0 aromatic heterocycles. The van der Waals surface area contributed by atoms with Gasteiger partial charge in [-0.1, -0.05) is 54.1 Å². The van der Waals surface area contributed by atoms with E-state index in [1.54, 1.807) is 0 Å². The van der Waals surface area contributed by atoms with E-state index in [9.17, 15) is 4.79 Å². The topological polar surface area (TPSA) is 29.5 Å². The van der Waals surface area contributed by atoms with Crippen LogP contribution in [-0.4, -0.2) is 17.5 Å². The van der Waals surface area contributed by atoms with E-state index in [0.29, 0.717) is 12.5 Å². The maximum absolute atomic E-state index is 12.5. The van der Waals surface area contributed by atoms with Crippen molar-refractivity contribution in [2.24, 2.45) is 0 Å². The van der Waals surface area contributed by atoms with Crippen LogP contribution in [0.1, 0.15) is 41.5 Å². The van der Waals surface area contributed by atoms with Crippen molar-refractivity contribution in [1.29, 1.82) is 0 Å². The number of amides is 1. The number of likely N-dealkylation sites (tertiary alicyclic amines) is 1. The number of piperidine rings is 1. The van der Waals surface area contributed by atoms with Crippen LogP contribution < -0.4 is 0 Å². The van der Waals surface area contributed by atoms with Crippen LogP contribution >= 0.6 is 11.6 Å². The highest BCUT2D eigenvalue weighted by Gasteiger charge is 2.42. The summed E-state index contributed by atoms with van der Waals surface area (Å²) in [6, 6.07) is 15.9. The first-order valence-electron chi connectivity index (χ1n) is 7.99. The van der Waals surface area contributed by atoms with E-state index in [1.807, 2.05) is 47.4 Å². The third-order valence-corrected chi connectivity index (χ3v) is 5.23. The number of benzene rings is 2. The molecule has 3 nitrogen and oxygen atoms in total. The quantitative estimate of drug-likeness (QED) is 0.784. The second kappa shape index (κ2) is 5.89. The van der Waals surface area contributed by atoms with Gasteiger partial charge in [0.2, 0.25) is 0 Å². The number of hydrogen-bond acceptors (Lipinski definition) is 2. The van der Waals surface area contributed by atoms with Crippen LogP contribution in [-0.2, 0) is 11.3 Å². The van der Waals surface area contributed by atoms with Gasteiger partial charge in [0.1, 0.15) is 6.61 Å². The van der Waals surface area contributed by atoms with Gasteiger partial charge >= 0.3 is 6.09 Å². The highest BCUT2D eigenvalue weighted by atomic mass is 35.5. The zero-order valence-corrected chi connectivity index (χ0v) is 13.5. The van der Waals surface area contributed by atoms with Crippen LogP contribution in [0.5, 0.6) is 0 Å². The van der Waals surface area contributed by atoms with Gasteiger partial charge in [-0.05, 0) is 41.5 Å². The van der Waals surface area contributed by atoms with E-state index in [1.165, 1.54) is 5.56 Å². The number of halogens is 1. The Kier molecular flexibility index (Phi) is 3.74. The van der Waals surface area contributed by atoms with Crippen LogP contribution in [0, 0.1) is 0 Å². The van der Waals surface area contributed by atoms with Crippen molar-refractivity contribution in [3.8, 4) is 0 Å². The van der Waals surface area contributed by atoms with Crippen molar-refractivity contribution >= 4 is 17.7 Å². The smallest absolute Gasteiger partial charge is 0.410 e. The van der Waals surface area contributed by atoms with Gasteiger partial charge in [-0.2, -0.15) is 0 Å². The van der Waals surface area contributed by atoms with E-state index < -0.39 is 0 Å².